The molecule has 1 aromatic heterocycles. The van der Waals surface area contributed by atoms with E-state index in [4.69, 9.17) is 9.47 Å². The molecular weight excluding hydrogens is 349 g/mol. The van der Waals surface area contributed by atoms with Gasteiger partial charge in [-0.2, -0.15) is 5.10 Å². The van der Waals surface area contributed by atoms with Crippen LogP contribution in [0.25, 0.3) is 11.3 Å². The molecular formula is C20H18FN3O3. The van der Waals surface area contributed by atoms with Gasteiger partial charge in [0.15, 0.2) is 11.5 Å². The van der Waals surface area contributed by atoms with Gasteiger partial charge in [-0.15, -0.1) is 0 Å². The van der Waals surface area contributed by atoms with E-state index < -0.39 is 0 Å². The maximum Gasteiger partial charge on any atom is 0.255 e. The van der Waals surface area contributed by atoms with Crippen LogP contribution < -0.4 is 14.8 Å². The molecule has 0 aliphatic carbocycles. The van der Waals surface area contributed by atoms with Crippen molar-refractivity contribution in [3.05, 3.63) is 65.6 Å². The van der Waals surface area contributed by atoms with Gasteiger partial charge in [0.2, 0.25) is 0 Å². The number of fused-ring (bicyclic) bond motifs is 1. The average molecular weight is 367 g/mol. The van der Waals surface area contributed by atoms with E-state index in [2.05, 4.69) is 15.5 Å². The Labute approximate surface area is 155 Å². The molecule has 0 radical (unpaired) electrons. The lowest BCUT2D eigenvalue weighted by Gasteiger charge is -2.18. The lowest BCUT2D eigenvalue weighted by Crippen LogP contribution is -2.26. The third-order valence-electron chi connectivity index (χ3n) is 4.35. The van der Waals surface area contributed by atoms with Gasteiger partial charge in [0, 0.05) is 12.1 Å². The molecule has 2 heterocycles. The van der Waals surface area contributed by atoms with E-state index >= 15 is 0 Å². The molecule has 0 spiro atoms. The van der Waals surface area contributed by atoms with Crippen LogP contribution in [0.4, 0.5) is 4.39 Å². The van der Waals surface area contributed by atoms with Crippen LogP contribution in [0.2, 0.25) is 0 Å². The zero-order valence-electron chi connectivity index (χ0n) is 14.5. The summed E-state index contributed by atoms with van der Waals surface area (Å²) in [6.07, 6.45) is 1.89. The fraction of sp³-hybridized carbons (Fsp3) is 0.200. The first-order valence-electron chi connectivity index (χ1n) is 8.67. The summed E-state index contributed by atoms with van der Waals surface area (Å²) in [5.41, 5.74) is 2.35. The number of carbonyl (C=O) groups excluding carboxylic acids is 1. The van der Waals surface area contributed by atoms with Gasteiger partial charge in [-0.1, -0.05) is 18.2 Å². The summed E-state index contributed by atoms with van der Waals surface area (Å²) in [5.74, 6) is 0.775. The Morgan fingerprint density at radius 1 is 1.15 bits per heavy atom. The number of hydrogen-bond acceptors (Lipinski definition) is 4. The first-order chi connectivity index (χ1) is 13.2. The summed E-state index contributed by atoms with van der Waals surface area (Å²) >= 11 is 0. The fourth-order valence-electron chi connectivity index (χ4n) is 2.98. The first-order valence-corrected chi connectivity index (χ1v) is 8.67. The molecule has 0 atom stereocenters. The van der Waals surface area contributed by atoms with E-state index in [1.807, 2.05) is 18.2 Å². The second-order valence-electron chi connectivity index (χ2n) is 6.11. The van der Waals surface area contributed by atoms with E-state index in [0.717, 1.165) is 5.56 Å². The lowest BCUT2D eigenvalue weighted by atomic mass is 10.1. The predicted octanol–water partition coefficient (Wildman–Crippen LogP) is 2.96. The van der Waals surface area contributed by atoms with E-state index in [1.54, 1.807) is 18.2 Å². The highest BCUT2D eigenvalue weighted by Crippen LogP contribution is 2.34. The number of H-pyrrole nitrogens is 1. The fourth-order valence-corrected chi connectivity index (χ4v) is 2.98. The van der Waals surface area contributed by atoms with Crippen LogP contribution in [-0.2, 0) is 6.42 Å². The van der Waals surface area contributed by atoms with Crippen LogP contribution >= 0.6 is 0 Å². The van der Waals surface area contributed by atoms with Crippen molar-refractivity contribution in [2.75, 3.05) is 19.8 Å². The molecule has 0 fully saturated rings. The quantitative estimate of drug-likeness (QED) is 0.727. The zero-order chi connectivity index (χ0) is 18.6. The van der Waals surface area contributed by atoms with E-state index in [-0.39, 0.29) is 11.7 Å². The van der Waals surface area contributed by atoms with E-state index in [9.17, 15) is 9.18 Å². The summed E-state index contributed by atoms with van der Waals surface area (Å²) in [6, 6.07) is 12.0. The number of aromatic nitrogens is 2. The van der Waals surface area contributed by atoms with Gasteiger partial charge in [-0.3, -0.25) is 9.89 Å². The molecule has 0 unspecified atom stereocenters. The summed E-state index contributed by atoms with van der Waals surface area (Å²) < 4.78 is 24.8. The minimum atomic E-state index is -0.273. The van der Waals surface area contributed by atoms with Crippen molar-refractivity contribution in [3.8, 4) is 22.8 Å². The Hall–Kier alpha value is -3.35. The number of benzene rings is 2. The van der Waals surface area contributed by atoms with Gasteiger partial charge < -0.3 is 14.8 Å². The molecule has 0 bridgehead atoms. The molecule has 4 rings (SSSR count). The number of rotatable bonds is 5. The monoisotopic (exact) mass is 367 g/mol. The zero-order valence-corrected chi connectivity index (χ0v) is 14.5. The van der Waals surface area contributed by atoms with Gasteiger partial charge in [0.1, 0.15) is 19.0 Å². The van der Waals surface area contributed by atoms with Gasteiger partial charge in [0.05, 0.1) is 17.5 Å². The van der Waals surface area contributed by atoms with Crippen LogP contribution in [0.15, 0.2) is 48.7 Å². The van der Waals surface area contributed by atoms with Crippen molar-refractivity contribution in [2.24, 2.45) is 0 Å². The van der Waals surface area contributed by atoms with Crippen LogP contribution in [0.3, 0.4) is 0 Å². The summed E-state index contributed by atoms with van der Waals surface area (Å²) in [6.45, 7) is 1.33. The number of nitrogens with one attached hydrogen (secondary N) is 2. The maximum absolute atomic E-state index is 13.7. The van der Waals surface area contributed by atoms with Crippen LogP contribution in [-0.4, -0.2) is 35.9 Å². The van der Waals surface area contributed by atoms with E-state index in [0.29, 0.717) is 54.5 Å². The molecule has 6 nitrogen and oxygen atoms in total. The molecule has 3 aromatic rings. The number of nitrogens with zero attached hydrogens (tertiary/aromatic N) is 1. The van der Waals surface area contributed by atoms with Crippen molar-refractivity contribution in [1.29, 1.82) is 0 Å². The number of hydrogen-bond donors (Lipinski definition) is 2. The Morgan fingerprint density at radius 2 is 1.96 bits per heavy atom. The van der Waals surface area contributed by atoms with Gasteiger partial charge in [-0.05, 0) is 36.2 Å². The second-order valence-corrected chi connectivity index (χ2v) is 6.11. The third-order valence-corrected chi connectivity index (χ3v) is 4.35. The lowest BCUT2D eigenvalue weighted by molar-refractivity contribution is 0.0954. The molecule has 0 saturated carbocycles. The van der Waals surface area contributed by atoms with Crippen LogP contribution in [0.5, 0.6) is 11.5 Å². The minimum absolute atomic E-state index is 0.271. The molecule has 0 saturated heterocycles. The molecule has 2 N–H and O–H groups in total. The van der Waals surface area contributed by atoms with Crippen LogP contribution in [0, 0.1) is 5.82 Å². The smallest absolute Gasteiger partial charge is 0.255 e. The SMILES string of the molecule is O=C(NCCc1ccccc1F)c1cn[nH]c1-c1ccc2c(c1)OCCO2. The van der Waals surface area contributed by atoms with Crippen LogP contribution in [0.1, 0.15) is 15.9 Å². The highest BCUT2D eigenvalue weighted by atomic mass is 19.1. The van der Waals surface area contributed by atoms with Crippen molar-refractivity contribution in [1.82, 2.24) is 15.5 Å². The van der Waals surface area contributed by atoms with Crippen molar-refractivity contribution < 1.29 is 18.7 Å². The van der Waals surface area contributed by atoms with Gasteiger partial charge in [-0.25, -0.2) is 4.39 Å². The molecule has 27 heavy (non-hydrogen) atoms. The van der Waals surface area contributed by atoms with Crippen molar-refractivity contribution in [3.63, 3.8) is 0 Å². The number of carbonyl (C=O) groups is 1. The highest BCUT2D eigenvalue weighted by Gasteiger charge is 2.18. The Balaban J connectivity index is 1.47. The first kappa shape index (κ1) is 17.1. The summed E-state index contributed by atoms with van der Waals surface area (Å²) in [5, 5.41) is 9.67. The molecule has 1 aliphatic heterocycles. The molecule has 1 amide bonds. The number of halogens is 1. The molecule has 7 heteroatoms. The average Bonchev–Trinajstić information content (AvgIpc) is 3.19. The topological polar surface area (TPSA) is 76.2 Å². The Kier molecular flexibility index (Phi) is 4.74. The van der Waals surface area contributed by atoms with Gasteiger partial charge in [0.25, 0.3) is 5.91 Å². The highest BCUT2D eigenvalue weighted by molar-refractivity contribution is 5.99. The number of aromatic amines is 1. The van der Waals surface area contributed by atoms with Gasteiger partial charge >= 0.3 is 0 Å². The number of amides is 1. The molecule has 2 aromatic carbocycles. The Morgan fingerprint density at radius 3 is 2.81 bits per heavy atom. The standard InChI is InChI=1S/C20H18FN3O3/c21-16-4-2-1-3-13(16)7-8-22-20(25)15-12-23-24-19(15)14-5-6-17-18(11-14)27-10-9-26-17/h1-6,11-12H,7-10H2,(H,22,25)(H,23,24). The van der Waals surface area contributed by atoms with Crippen molar-refractivity contribution >= 4 is 5.91 Å². The maximum atomic E-state index is 13.7. The summed E-state index contributed by atoms with van der Waals surface area (Å²) in [4.78, 5) is 12.5. The molecule has 1 aliphatic rings. The second kappa shape index (κ2) is 7.49. The van der Waals surface area contributed by atoms with Crippen molar-refractivity contribution in [2.45, 2.75) is 6.42 Å². The third kappa shape index (κ3) is 3.62. The summed E-state index contributed by atoms with van der Waals surface area (Å²) in [7, 11) is 0. The van der Waals surface area contributed by atoms with E-state index in [1.165, 1.54) is 12.3 Å². The largest absolute Gasteiger partial charge is 0.486 e. The Bertz CT molecular complexity index is 971. The predicted molar refractivity (Wildman–Crippen MR) is 97.5 cm³/mol. The number of ether oxygens (including phenoxy) is 2. The minimum Gasteiger partial charge on any atom is -0.486 e. The molecule has 138 valence electrons. The normalized spacial score (nSPS) is 12.6.